The van der Waals surface area contributed by atoms with E-state index in [1.54, 1.807) is 49.1 Å². The Morgan fingerprint density at radius 1 is 0.682 bits per heavy atom. The van der Waals surface area contributed by atoms with Gasteiger partial charge in [0.05, 0.1) is 0 Å². The number of hydrogen-bond acceptors (Lipinski definition) is 4. The molecular formula is C16H20N4O2+2. The van der Waals surface area contributed by atoms with Crippen molar-refractivity contribution >= 4 is 23.2 Å². The number of pyridine rings is 2. The fraction of sp³-hybridized carbons (Fsp3) is 0.250. The lowest BCUT2D eigenvalue weighted by molar-refractivity contribution is -0.603. The van der Waals surface area contributed by atoms with Crippen LogP contribution in [0.3, 0.4) is 0 Å². The zero-order valence-corrected chi connectivity index (χ0v) is 13.2. The monoisotopic (exact) mass is 300 g/mol. The molecule has 2 aromatic heterocycles. The Labute approximate surface area is 129 Å². The number of anilines is 2. The molecule has 0 aliphatic carbocycles. The van der Waals surface area contributed by atoms with E-state index in [0.29, 0.717) is 0 Å². The molecule has 0 N–H and O–H groups in total. The summed E-state index contributed by atoms with van der Waals surface area (Å²) in [6.07, 6.45) is 6.35. The van der Waals surface area contributed by atoms with E-state index >= 15 is 0 Å². The predicted molar refractivity (Wildman–Crippen MR) is 83.2 cm³/mol. The largest absolute Gasteiger partial charge is 0.534 e. The normalized spacial score (nSPS) is 10.2. The molecule has 0 aromatic carbocycles. The van der Waals surface area contributed by atoms with Gasteiger partial charge in [-0.3, -0.25) is 0 Å². The van der Waals surface area contributed by atoms with Crippen molar-refractivity contribution in [2.45, 2.75) is 0 Å². The SMILES string of the molecule is CN(C)c1cc[n+](C(=O)C(=O)[n+]2ccc(N(C)C)cc2)cc1. The lowest BCUT2D eigenvalue weighted by Crippen LogP contribution is -2.57. The minimum atomic E-state index is -0.604. The molecule has 0 saturated heterocycles. The lowest BCUT2D eigenvalue weighted by Gasteiger charge is -2.10. The van der Waals surface area contributed by atoms with Crippen molar-refractivity contribution in [2.24, 2.45) is 0 Å². The third-order valence-electron chi connectivity index (χ3n) is 3.31. The first-order chi connectivity index (χ1) is 10.4. The van der Waals surface area contributed by atoms with Gasteiger partial charge < -0.3 is 9.80 Å². The average molecular weight is 300 g/mol. The predicted octanol–water partition coefficient (Wildman–Crippen LogP) is 0.374. The number of rotatable bonds is 2. The minimum Gasteiger partial charge on any atom is -0.377 e. The highest BCUT2D eigenvalue weighted by Gasteiger charge is 2.34. The molecule has 2 aromatic rings. The van der Waals surface area contributed by atoms with Crippen molar-refractivity contribution in [3.63, 3.8) is 0 Å². The molecule has 0 spiro atoms. The summed E-state index contributed by atoms with van der Waals surface area (Å²) in [5, 5.41) is 0. The molecular weight excluding hydrogens is 280 g/mol. The number of aromatic nitrogens is 2. The summed E-state index contributed by atoms with van der Waals surface area (Å²) in [6, 6.07) is 7.13. The van der Waals surface area contributed by atoms with E-state index in [0.717, 1.165) is 11.4 Å². The Morgan fingerprint density at radius 2 is 0.955 bits per heavy atom. The second-order valence-corrected chi connectivity index (χ2v) is 5.33. The zero-order valence-electron chi connectivity index (χ0n) is 13.2. The molecule has 0 aliphatic rings. The van der Waals surface area contributed by atoms with Crippen LogP contribution in [0.5, 0.6) is 0 Å². The summed E-state index contributed by atoms with van der Waals surface area (Å²) in [4.78, 5) is 28.3. The van der Waals surface area contributed by atoms with E-state index < -0.39 is 11.8 Å². The van der Waals surface area contributed by atoms with E-state index in [1.807, 2.05) is 38.0 Å². The third kappa shape index (κ3) is 3.28. The van der Waals surface area contributed by atoms with Crippen molar-refractivity contribution in [3.8, 4) is 0 Å². The first-order valence-electron chi connectivity index (χ1n) is 6.86. The summed E-state index contributed by atoms with van der Waals surface area (Å²) in [6.45, 7) is 0. The van der Waals surface area contributed by atoms with Gasteiger partial charge in [-0.2, -0.15) is 0 Å². The molecule has 0 saturated carbocycles. The number of hydrogen-bond donors (Lipinski definition) is 0. The van der Waals surface area contributed by atoms with Gasteiger partial charge in [0, 0.05) is 63.8 Å². The fourth-order valence-electron chi connectivity index (χ4n) is 1.93. The van der Waals surface area contributed by atoms with Crippen LogP contribution < -0.4 is 18.9 Å². The number of carbonyl (C=O) groups is 2. The highest BCUT2D eigenvalue weighted by atomic mass is 16.2. The average Bonchev–Trinajstić information content (AvgIpc) is 2.53. The maximum absolute atomic E-state index is 12.2. The van der Waals surface area contributed by atoms with E-state index in [2.05, 4.69) is 0 Å². The van der Waals surface area contributed by atoms with Crippen LogP contribution in [-0.4, -0.2) is 40.0 Å². The van der Waals surface area contributed by atoms with Crippen molar-refractivity contribution in [1.82, 2.24) is 0 Å². The molecule has 6 heteroatoms. The highest BCUT2D eigenvalue weighted by Crippen LogP contribution is 2.06. The lowest BCUT2D eigenvalue weighted by atomic mass is 10.3. The molecule has 0 radical (unpaired) electrons. The summed E-state index contributed by atoms with van der Waals surface area (Å²) >= 11 is 0. The molecule has 114 valence electrons. The van der Waals surface area contributed by atoms with Crippen LogP contribution in [0.4, 0.5) is 11.4 Å². The van der Waals surface area contributed by atoms with Gasteiger partial charge in [-0.15, -0.1) is 9.13 Å². The van der Waals surface area contributed by atoms with E-state index in [4.69, 9.17) is 0 Å². The minimum absolute atomic E-state index is 0.604. The maximum Gasteiger partial charge on any atom is 0.534 e. The highest BCUT2D eigenvalue weighted by molar-refractivity contribution is 6.27. The fourth-order valence-corrected chi connectivity index (χ4v) is 1.93. The second kappa shape index (κ2) is 6.34. The second-order valence-electron chi connectivity index (χ2n) is 5.33. The summed E-state index contributed by atoms with van der Waals surface area (Å²) in [5.74, 6) is -1.21. The van der Waals surface area contributed by atoms with Crippen molar-refractivity contribution in [1.29, 1.82) is 0 Å². The number of nitrogens with zero attached hydrogens (tertiary/aromatic N) is 4. The van der Waals surface area contributed by atoms with E-state index in [9.17, 15) is 9.59 Å². The maximum atomic E-state index is 12.2. The standard InChI is InChI=1S/C16H20N4O2/c1-17(2)13-5-9-19(10-6-13)15(21)16(22)20-11-7-14(8-12-20)18(3)4/h5-12H,1-4H3/q+2. The number of carbonyl (C=O) groups excluding carboxylic acids is 2. The van der Waals surface area contributed by atoms with Gasteiger partial charge in [0.1, 0.15) is 0 Å². The van der Waals surface area contributed by atoms with Gasteiger partial charge in [-0.1, -0.05) is 0 Å². The van der Waals surface area contributed by atoms with Crippen molar-refractivity contribution in [3.05, 3.63) is 49.1 Å². The van der Waals surface area contributed by atoms with Crippen LogP contribution in [0.25, 0.3) is 0 Å². The van der Waals surface area contributed by atoms with E-state index in [-0.39, 0.29) is 0 Å². The van der Waals surface area contributed by atoms with Crippen molar-refractivity contribution < 1.29 is 18.7 Å². The van der Waals surface area contributed by atoms with Crippen LogP contribution in [0.2, 0.25) is 0 Å². The first-order valence-corrected chi connectivity index (χ1v) is 6.86. The molecule has 6 nitrogen and oxygen atoms in total. The molecule has 0 unspecified atom stereocenters. The van der Waals surface area contributed by atoms with Crippen LogP contribution in [-0.2, 0) is 0 Å². The van der Waals surface area contributed by atoms with Gasteiger partial charge >= 0.3 is 11.8 Å². The molecule has 0 bridgehead atoms. The Hall–Kier alpha value is -2.76. The Balaban J connectivity index is 2.19. The molecule has 22 heavy (non-hydrogen) atoms. The topological polar surface area (TPSA) is 48.4 Å². The Bertz CT molecular complexity index is 615. The zero-order chi connectivity index (χ0) is 16.3. The quantitative estimate of drug-likeness (QED) is 0.594. The molecule has 0 fully saturated rings. The Morgan fingerprint density at radius 3 is 1.18 bits per heavy atom. The first kappa shape index (κ1) is 15.6. The van der Waals surface area contributed by atoms with Crippen LogP contribution >= 0.6 is 0 Å². The molecule has 2 heterocycles. The molecule has 0 atom stereocenters. The molecule has 2 rings (SSSR count). The Kier molecular flexibility index (Phi) is 4.50. The molecule has 0 aliphatic heterocycles. The van der Waals surface area contributed by atoms with Crippen LogP contribution in [0, 0.1) is 0 Å². The smallest absolute Gasteiger partial charge is 0.377 e. The van der Waals surface area contributed by atoms with Gasteiger partial charge in [-0.25, -0.2) is 9.59 Å². The third-order valence-corrected chi connectivity index (χ3v) is 3.31. The van der Waals surface area contributed by atoms with E-state index in [1.165, 1.54) is 9.13 Å². The van der Waals surface area contributed by atoms with Crippen LogP contribution in [0.1, 0.15) is 9.59 Å². The van der Waals surface area contributed by atoms with Gasteiger partial charge in [0.15, 0.2) is 24.8 Å². The molecule has 0 amide bonds. The van der Waals surface area contributed by atoms with Crippen LogP contribution in [0.15, 0.2) is 49.1 Å². The van der Waals surface area contributed by atoms with Crippen molar-refractivity contribution in [2.75, 3.05) is 38.0 Å². The van der Waals surface area contributed by atoms with Gasteiger partial charge in [0.25, 0.3) is 0 Å². The van der Waals surface area contributed by atoms with Gasteiger partial charge in [-0.05, 0) is 0 Å². The summed E-state index contributed by atoms with van der Waals surface area (Å²) in [5.41, 5.74) is 1.92. The summed E-state index contributed by atoms with van der Waals surface area (Å²) in [7, 11) is 7.65. The summed E-state index contributed by atoms with van der Waals surface area (Å²) < 4.78 is 2.56. The van der Waals surface area contributed by atoms with Gasteiger partial charge in [0.2, 0.25) is 0 Å².